The molecule has 2 amide bonds. The quantitative estimate of drug-likeness (QED) is 0.624. The summed E-state index contributed by atoms with van der Waals surface area (Å²) in [4.78, 5) is 37.6. The number of hydrogen-bond acceptors (Lipinski definition) is 5. The third-order valence-corrected chi connectivity index (χ3v) is 5.36. The predicted molar refractivity (Wildman–Crippen MR) is 97.5 cm³/mol. The van der Waals surface area contributed by atoms with Gasteiger partial charge in [-0.1, -0.05) is 6.92 Å². The summed E-state index contributed by atoms with van der Waals surface area (Å²) in [5.41, 5.74) is 0.569. The molecule has 0 saturated carbocycles. The van der Waals surface area contributed by atoms with Crippen LogP contribution in [0.1, 0.15) is 47.2 Å². The third kappa shape index (κ3) is 4.65. The highest BCUT2D eigenvalue weighted by atomic mass is 16.4. The lowest BCUT2D eigenvalue weighted by molar-refractivity contribution is -0.140. The highest BCUT2D eigenvalue weighted by molar-refractivity contribution is 5.98. The van der Waals surface area contributed by atoms with Crippen LogP contribution in [0.4, 0.5) is 0 Å². The molecule has 148 valence electrons. The van der Waals surface area contributed by atoms with Crippen molar-refractivity contribution in [2.24, 2.45) is 11.8 Å². The van der Waals surface area contributed by atoms with Crippen LogP contribution in [0, 0.1) is 11.8 Å². The summed E-state index contributed by atoms with van der Waals surface area (Å²) in [5.74, 6) is -1.56. The molecule has 2 aliphatic rings. The maximum atomic E-state index is 12.7. The van der Waals surface area contributed by atoms with Crippen molar-refractivity contribution in [1.29, 1.82) is 0 Å². The largest absolute Gasteiger partial charge is 0.481 e. The van der Waals surface area contributed by atoms with Crippen molar-refractivity contribution < 1.29 is 19.5 Å². The zero-order valence-corrected chi connectivity index (χ0v) is 15.6. The number of aliphatic carboxylic acids is 1. The summed E-state index contributed by atoms with van der Waals surface area (Å²) in [6.07, 6.45) is 3.31. The van der Waals surface area contributed by atoms with E-state index < -0.39 is 17.8 Å². The first-order valence-corrected chi connectivity index (χ1v) is 9.54. The summed E-state index contributed by atoms with van der Waals surface area (Å²) in [6, 6.07) is 1.50. The van der Waals surface area contributed by atoms with Crippen LogP contribution in [-0.4, -0.2) is 70.3 Å². The molecule has 3 N–H and O–H groups in total. The Morgan fingerprint density at radius 2 is 2.11 bits per heavy atom. The molecule has 0 aromatic carbocycles. The van der Waals surface area contributed by atoms with Gasteiger partial charge >= 0.3 is 5.97 Å². The number of aromatic nitrogens is 2. The van der Waals surface area contributed by atoms with Gasteiger partial charge in [0.05, 0.1) is 12.5 Å². The van der Waals surface area contributed by atoms with Gasteiger partial charge in [-0.3, -0.25) is 19.1 Å². The van der Waals surface area contributed by atoms with Gasteiger partial charge in [0, 0.05) is 25.7 Å². The predicted octanol–water partition coefficient (Wildman–Crippen LogP) is 0.179. The summed E-state index contributed by atoms with van der Waals surface area (Å²) in [7, 11) is 0. The summed E-state index contributed by atoms with van der Waals surface area (Å²) < 4.78 is 1.57. The van der Waals surface area contributed by atoms with E-state index in [1.165, 1.54) is 13.0 Å². The lowest BCUT2D eigenvalue weighted by Gasteiger charge is -2.30. The second-order valence-electron chi connectivity index (χ2n) is 7.36. The van der Waals surface area contributed by atoms with Crippen LogP contribution >= 0.6 is 0 Å². The molecule has 3 heterocycles. The Balaban J connectivity index is 1.57. The average molecular weight is 377 g/mol. The molecule has 1 fully saturated rings. The van der Waals surface area contributed by atoms with Gasteiger partial charge in [-0.15, -0.1) is 0 Å². The number of nitrogens with one attached hydrogen (secondary N) is 2. The topological polar surface area (TPSA) is 117 Å². The molecule has 1 aromatic heterocycles. The van der Waals surface area contributed by atoms with E-state index in [4.69, 9.17) is 5.11 Å². The van der Waals surface area contributed by atoms with Crippen molar-refractivity contribution in [1.82, 2.24) is 25.3 Å². The Kier molecular flexibility index (Phi) is 6.10. The minimum atomic E-state index is -0.973. The van der Waals surface area contributed by atoms with Gasteiger partial charge in [0.15, 0.2) is 5.69 Å². The standard InChI is InChI=1S/C18H27N5O4/c1-12(18(26)27)11-20-16(24)14-10-15-17(25)22(8-9-23(15)21-14)7-4-13-2-5-19-6-3-13/h10,12-13,19H,2-9,11H2,1H3,(H,20,24)(H,26,27)/t12-/m0/s1. The maximum Gasteiger partial charge on any atom is 0.308 e. The minimum absolute atomic E-state index is 0.0205. The molecule has 1 atom stereocenters. The summed E-state index contributed by atoms with van der Waals surface area (Å²) in [6.45, 7) is 5.51. The lowest BCUT2D eigenvalue weighted by Crippen LogP contribution is -2.41. The Morgan fingerprint density at radius 1 is 1.37 bits per heavy atom. The molecule has 2 aliphatic heterocycles. The molecular weight excluding hydrogens is 350 g/mol. The van der Waals surface area contributed by atoms with Crippen LogP contribution in [0.5, 0.6) is 0 Å². The van der Waals surface area contributed by atoms with Gasteiger partial charge < -0.3 is 20.6 Å². The van der Waals surface area contributed by atoms with E-state index >= 15 is 0 Å². The van der Waals surface area contributed by atoms with Gasteiger partial charge in [0.2, 0.25) is 0 Å². The lowest BCUT2D eigenvalue weighted by atomic mass is 9.94. The number of amides is 2. The highest BCUT2D eigenvalue weighted by Crippen LogP contribution is 2.19. The first-order chi connectivity index (χ1) is 13.0. The van der Waals surface area contributed by atoms with E-state index in [1.54, 1.807) is 4.68 Å². The number of carboxylic acid groups (broad SMARTS) is 1. The molecule has 9 heteroatoms. The fourth-order valence-electron chi connectivity index (χ4n) is 3.50. The Morgan fingerprint density at radius 3 is 2.81 bits per heavy atom. The number of piperidine rings is 1. The monoisotopic (exact) mass is 377 g/mol. The van der Waals surface area contributed by atoms with Crippen LogP contribution < -0.4 is 10.6 Å². The van der Waals surface area contributed by atoms with Gasteiger partial charge in [-0.05, 0) is 38.3 Å². The molecule has 0 bridgehead atoms. The fourth-order valence-corrected chi connectivity index (χ4v) is 3.50. The number of fused-ring (bicyclic) bond motifs is 1. The Bertz CT molecular complexity index is 711. The first-order valence-electron chi connectivity index (χ1n) is 9.54. The van der Waals surface area contributed by atoms with Crippen LogP contribution in [0.15, 0.2) is 6.07 Å². The van der Waals surface area contributed by atoms with Crippen LogP contribution in [0.25, 0.3) is 0 Å². The number of carbonyl (C=O) groups excluding carboxylic acids is 2. The zero-order chi connectivity index (χ0) is 19.4. The zero-order valence-electron chi connectivity index (χ0n) is 15.6. The van der Waals surface area contributed by atoms with E-state index in [2.05, 4.69) is 15.7 Å². The van der Waals surface area contributed by atoms with Crippen molar-refractivity contribution in [2.75, 3.05) is 32.7 Å². The van der Waals surface area contributed by atoms with Crippen LogP contribution in [-0.2, 0) is 11.3 Å². The molecule has 9 nitrogen and oxygen atoms in total. The minimum Gasteiger partial charge on any atom is -0.481 e. The molecular formula is C18H27N5O4. The second kappa shape index (κ2) is 8.51. The molecule has 1 aromatic rings. The van der Waals surface area contributed by atoms with Gasteiger partial charge in [0.25, 0.3) is 11.8 Å². The second-order valence-corrected chi connectivity index (χ2v) is 7.36. The summed E-state index contributed by atoms with van der Waals surface area (Å²) >= 11 is 0. The average Bonchev–Trinajstić information content (AvgIpc) is 3.11. The number of rotatable bonds is 7. The smallest absolute Gasteiger partial charge is 0.308 e. The highest BCUT2D eigenvalue weighted by Gasteiger charge is 2.28. The van der Waals surface area contributed by atoms with Crippen molar-refractivity contribution in [3.05, 3.63) is 17.5 Å². The number of carboxylic acids is 1. The van der Waals surface area contributed by atoms with E-state index in [0.29, 0.717) is 24.7 Å². The van der Waals surface area contributed by atoms with Crippen LogP contribution in [0.2, 0.25) is 0 Å². The van der Waals surface area contributed by atoms with Crippen molar-refractivity contribution in [3.63, 3.8) is 0 Å². The Hall–Kier alpha value is -2.42. The SMILES string of the molecule is C[C@@H](CNC(=O)c1cc2n(n1)CCN(CCC1CCNCC1)C2=O)C(=O)O. The third-order valence-electron chi connectivity index (χ3n) is 5.36. The van der Waals surface area contributed by atoms with Gasteiger partial charge in [-0.2, -0.15) is 5.10 Å². The van der Waals surface area contributed by atoms with E-state index in [0.717, 1.165) is 38.9 Å². The first kappa shape index (κ1) is 19.3. The summed E-state index contributed by atoms with van der Waals surface area (Å²) in [5, 5.41) is 19.0. The maximum absolute atomic E-state index is 12.7. The van der Waals surface area contributed by atoms with Gasteiger partial charge in [0.1, 0.15) is 5.69 Å². The number of hydrogen-bond donors (Lipinski definition) is 3. The van der Waals surface area contributed by atoms with E-state index in [1.807, 2.05) is 4.90 Å². The molecule has 27 heavy (non-hydrogen) atoms. The van der Waals surface area contributed by atoms with E-state index in [-0.39, 0.29) is 18.1 Å². The molecule has 1 saturated heterocycles. The molecule has 0 unspecified atom stereocenters. The van der Waals surface area contributed by atoms with Crippen molar-refractivity contribution in [3.8, 4) is 0 Å². The molecule has 0 spiro atoms. The number of nitrogens with zero attached hydrogens (tertiary/aromatic N) is 3. The van der Waals surface area contributed by atoms with E-state index in [9.17, 15) is 14.4 Å². The molecule has 0 aliphatic carbocycles. The molecule has 3 rings (SSSR count). The van der Waals surface area contributed by atoms with Crippen molar-refractivity contribution in [2.45, 2.75) is 32.7 Å². The normalized spacial score (nSPS) is 18.9. The fraction of sp³-hybridized carbons (Fsp3) is 0.667. The van der Waals surface area contributed by atoms with Crippen molar-refractivity contribution >= 4 is 17.8 Å². The molecule has 0 radical (unpaired) electrons. The van der Waals surface area contributed by atoms with Gasteiger partial charge in [-0.25, -0.2) is 0 Å². The number of carbonyl (C=O) groups is 3. The Labute approximate surface area is 158 Å². The van der Waals surface area contributed by atoms with Crippen LogP contribution in [0.3, 0.4) is 0 Å².